The lowest BCUT2D eigenvalue weighted by Crippen LogP contribution is -2.63. The van der Waals surface area contributed by atoms with E-state index in [1.807, 2.05) is 6.08 Å². The Labute approximate surface area is 206 Å². The molecule has 0 aromatic rings. The first-order valence-electron chi connectivity index (χ1n) is 14.0. The monoisotopic (exact) mass is 472 g/mol. The maximum Gasteiger partial charge on any atom is 0.334 e. The van der Waals surface area contributed by atoms with Gasteiger partial charge in [0.25, 0.3) is 0 Å². The lowest BCUT2D eigenvalue weighted by molar-refractivity contribution is -0.220. The van der Waals surface area contributed by atoms with Gasteiger partial charge in [-0.3, -0.25) is 0 Å². The summed E-state index contributed by atoms with van der Waals surface area (Å²) in [6, 6.07) is 0. The average molecular weight is 473 g/mol. The summed E-state index contributed by atoms with van der Waals surface area (Å²) in [4.78, 5) is 12.9. The Morgan fingerprint density at radius 3 is 2.29 bits per heavy atom. The molecular formula is C30H48O4. The topological polar surface area (TPSA) is 66.8 Å². The number of aliphatic hydroxyl groups is 2. The fourth-order valence-electron chi connectivity index (χ4n) is 10.5. The maximum absolute atomic E-state index is 12.9. The van der Waals surface area contributed by atoms with Crippen LogP contribution in [0.5, 0.6) is 0 Å². The summed E-state index contributed by atoms with van der Waals surface area (Å²) in [5, 5.41) is 21.1. The Morgan fingerprint density at radius 2 is 1.62 bits per heavy atom. The van der Waals surface area contributed by atoms with Gasteiger partial charge in [-0.2, -0.15) is 0 Å². The van der Waals surface area contributed by atoms with Gasteiger partial charge in [0, 0.05) is 12.0 Å². The predicted octanol–water partition coefficient (Wildman–Crippen LogP) is 6.05. The van der Waals surface area contributed by atoms with Crippen LogP contribution >= 0.6 is 0 Å². The van der Waals surface area contributed by atoms with Crippen LogP contribution in [0.15, 0.2) is 11.6 Å². The molecule has 2 N–H and O–H groups in total. The van der Waals surface area contributed by atoms with Crippen molar-refractivity contribution in [1.82, 2.24) is 0 Å². The number of aliphatic hydroxyl groups excluding tert-OH is 1. The van der Waals surface area contributed by atoms with Crippen molar-refractivity contribution >= 4 is 5.97 Å². The second-order valence-electron chi connectivity index (χ2n) is 14.8. The van der Waals surface area contributed by atoms with Crippen molar-refractivity contribution in [2.75, 3.05) is 0 Å². The molecule has 1 aliphatic heterocycles. The SMILES string of the molecule is CC(C)(O)C[C@H]1C=C([C@H]2CC[C@]3(C)C2CCC2[C@@]4(C)CC[C@H](O)C(C)(C)C4CC[C@]23C)C(=O)O1. The van der Waals surface area contributed by atoms with Crippen LogP contribution in [0.3, 0.4) is 0 Å². The molecule has 0 saturated heterocycles. The minimum Gasteiger partial charge on any atom is -0.455 e. The highest BCUT2D eigenvalue weighted by molar-refractivity contribution is 5.91. The molecule has 0 amide bonds. The number of fused-ring (bicyclic) bond motifs is 5. The molecule has 34 heavy (non-hydrogen) atoms. The Hall–Kier alpha value is -0.870. The van der Waals surface area contributed by atoms with E-state index in [1.165, 1.54) is 32.1 Å². The Balaban J connectivity index is 1.44. The zero-order valence-electron chi connectivity index (χ0n) is 22.6. The molecule has 4 heteroatoms. The number of ether oxygens (including phenoxy) is 1. The van der Waals surface area contributed by atoms with E-state index in [4.69, 9.17) is 4.74 Å². The molecule has 4 saturated carbocycles. The summed E-state index contributed by atoms with van der Waals surface area (Å²) in [5.74, 6) is 1.93. The molecule has 0 spiro atoms. The van der Waals surface area contributed by atoms with Crippen LogP contribution in [0.1, 0.15) is 106 Å². The molecule has 4 nitrogen and oxygen atoms in total. The minimum atomic E-state index is -0.845. The number of hydrogen-bond donors (Lipinski definition) is 2. The van der Waals surface area contributed by atoms with Gasteiger partial charge in [0.15, 0.2) is 0 Å². The zero-order chi connectivity index (χ0) is 24.9. The van der Waals surface area contributed by atoms with E-state index in [-0.39, 0.29) is 45.8 Å². The molecule has 192 valence electrons. The first kappa shape index (κ1) is 24.8. The van der Waals surface area contributed by atoms with Crippen LogP contribution in [-0.2, 0) is 9.53 Å². The smallest absolute Gasteiger partial charge is 0.334 e. The van der Waals surface area contributed by atoms with Gasteiger partial charge in [0.05, 0.1) is 11.7 Å². The van der Waals surface area contributed by atoms with Crippen molar-refractivity contribution in [2.45, 2.75) is 124 Å². The second-order valence-corrected chi connectivity index (χ2v) is 14.8. The highest BCUT2D eigenvalue weighted by Crippen LogP contribution is 2.75. The van der Waals surface area contributed by atoms with Gasteiger partial charge in [-0.05, 0) is 117 Å². The van der Waals surface area contributed by atoms with Gasteiger partial charge in [-0.25, -0.2) is 4.79 Å². The molecule has 9 atom stereocenters. The standard InChI is InChI=1S/C30H48O4/c1-26(2,33)17-18-16-20(25(32)34-18)19-10-14-29(6)21(19)8-9-23-28(5)13-12-24(31)27(3,4)22(28)11-15-30(23,29)7/h16,18-19,21-24,31,33H,8-15,17H2,1-7H3/t18-,19-,21?,22?,23?,24+,28+,29-,30-/m1/s1. The summed E-state index contributed by atoms with van der Waals surface area (Å²) < 4.78 is 5.71. The van der Waals surface area contributed by atoms with Gasteiger partial charge in [0.1, 0.15) is 6.10 Å². The third-order valence-electron chi connectivity index (χ3n) is 12.3. The molecule has 0 aromatic heterocycles. The van der Waals surface area contributed by atoms with Gasteiger partial charge < -0.3 is 14.9 Å². The fraction of sp³-hybridized carbons (Fsp3) is 0.900. The molecule has 3 unspecified atom stereocenters. The van der Waals surface area contributed by atoms with Crippen molar-refractivity contribution in [3.05, 3.63) is 11.6 Å². The van der Waals surface area contributed by atoms with Crippen molar-refractivity contribution in [3.63, 3.8) is 0 Å². The van der Waals surface area contributed by atoms with Crippen LogP contribution in [0.25, 0.3) is 0 Å². The van der Waals surface area contributed by atoms with Gasteiger partial charge in [-0.1, -0.05) is 34.6 Å². The Kier molecular flexibility index (Phi) is 5.52. The highest BCUT2D eigenvalue weighted by Gasteiger charge is 2.68. The Bertz CT molecular complexity index is 883. The van der Waals surface area contributed by atoms with E-state index >= 15 is 0 Å². The molecule has 0 bridgehead atoms. The quantitative estimate of drug-likeness (QED) is 0.491. The molecule has 5 rings (SSSR count). The average Bonchev–Trinajstić information content (AvgIpc) is 3.23. The number of carbonyl (C=O) groups excluding carboxylic acids is 1. The van der Waals surface area contributed by atoms with Crippen molar-refractivity contribution in [2.24, 2.45) is 45.3 Å². The second kappa shape index (κ2) is 7.57. The van der Waals surface area contributed by atoms with Crippen LogP contribution in [0, 0.1) is 45.3 Å². The van der Waals surface area contributed by atoms with Crippen LogP contribution in [-0.4, -0.2) is 34.0 Å². The van der Waals surface area contributed by atoms with E-state index < -0.39 is 5.60 Å². The molecular weight excluding hydrogens is 424 g/mol. The lowest BCUT2D eigenvalue weighted by Gasteiger charge is -2.69. The minimum absolute atomic E-state index is 0.0157. The van der Waals surface area contributed by atoms with E-state index in [9.17, 15) is 15.0 Å². The van der Waals surface area contributed by atoms with Crippen molar-refractivity contribution in [3.8, 4) is 0 Å². The molecule has 4 fully saturated rings. The van der Waals surface area contributed by atoms with Gasteiger partial charge in [-0.15, -0.1) is 0 Å². The van der Waals surface area contributed by atoms with Crippen LogP contribution in [0.4, 0.5) is 0 Å². The molecule has 4 aliphatic carbocycles. The number of hydrogen-bond acceptors (Lipinski definition) is 4. The summed E-state index contributed by atoms with van der Waals surface area (Å²) >= 11 is 0. The summed E-state index contributed by atoms with van der Waals surface area (Å²) in [5.41, 5.74) is 0.811. The van der Waals surface area contributed by atoms with Crippen molar-refractivity contribution < 1.29 is 19.7 Å². The Morgan fingerprint density at radius 1 is 0.941 bits per heavy atom. The van der Waals surface area contributed by atoms with Crippen LogP contribution < -0.4 is 0 Å². The van der Waals surface area contributed by atoms with E-state index in [1.54, 1.807) is 13.8 Å². The molecule has 0 radical (unpaired) electrons. The highest BCUT2D eigenvalue weighted by atomic mass is 16.5. The normalized spacial score (nSPS) is 50.1. The molecule has 5 aliphatic rings. The third-order valence-corrected chi connectivity index (χ3v) is 12.3. The third kappa shape index (κ3) is 3.33. The van der Waals surface area contributed by atoms with E-state index in [0.717, 1.165) is 24.8 Å². The van der Waals surface area contributed by atoms with Crippen molar-refractivity contribution in [1.29, 1.82) is 0 Å². The largest absolute Gasteiger partial charge is 0.455 e. The number of carbonyl (C=O) groups is 1. The van der Waals surface area contributed by atoms with Gasteiger partial charge >= 0.3 is 5.97 Å². The van der Waals surface area contributed by atoms with E-state index in [0.29, 0.717) is 24.2 Å². The first-order chi connectivity index (χ1) is 15.6. The van der Waals surface area contributed by atoms with Crippen LogP contribution in [0.2, 0.25) is 0 Å². The molecule has 0 aromatic carbocycles. The summed E-state index contributed by atoms with van der Waals surface area (Å²) in [6.45, 7) is 15.9. The number of esters is 1. The number of cyclic esters (lactones) is 1. The van der Waals surface area contributed by atoms with E-state index in [2.05, 4.69) is 34.6 Å². The fourth-order valence-corrected chi connectivity index (χ4v) is 10.5. The zero-order valence-corrected chi connectivity index (χ0v) is 22.6. The molecule has 1 heterocycles. The predicted molar refractivity (Wildman–Crippen MR) is 134 cm³/mol. The lowest BCUT2D eigenvalue weighted by atomic mass is 9.35. The summed E-state index contributed by atoms with van der Waals surface area (Å²) in [6.07, 6.45) is 11.2. The summed E-state index contributed by atoms with van der Waals surface area (Å²) in [7, 11) is 0. The first-order valence-corrected chi connectivity index (χ1v) is 14.0. The number of rotatable bonds is 3. The van der Waals surface area contributed by atoms with Gasteiger partial charge in [0.2, 0.25) is 0 Å². The maximum atomic E-state index is 12.9.